The van der Waals surface area contributed by atoms with E-state index in [1.165, 1.54) is 36.7 Å². The van der Waals surface area contributed by atoms with E-state index in [9.17, 15) is 4.79 Å². The Bertz CT molecular complexity index is 431. The van der Waals surface area contributed by atoms with Gasteiger partial charge in [0, 0.05) is 13.1 Å². The number of nitrogens with one attached hydrogen (secondary N) is 1. The van der Waals surface area contributed by atoms with Crippen molar-refractivity contribution in [3.05, 3.63) is 16.8 Å². The molecule has 2 rings (SSSR count). The third-order valence-corrected chi connectivity index (χ3v) is 4.13. The van der Waals surface area contributed by atoms with Gasteiger partial charge in [0.25, 0.3) is 0 Å². The Labute approximate surface area is 115 Å². The predicted molar refractivity (Wildman–Crippen MR) is 76.1 cm³/mol. The summed E-state index contributed by atoms with van der Waals surface area (Å²) >= 11 is 0. The van der Waals surface area contributed by atoms with Crippen LogP contribution in [0, 0.1) is 5.92 Å². The average molecular weight is 266 g/mol. The maximum absolute atomic E-state index is 11.9. The molecule has 0 aromatic carbocycles. The van der Waals surface area contributed by atoms with Gasteiger partial charge < -0.3 is 5.32 Å². The van der Waals surface area contributed by atoms with Crippen molar-refractivity contribution in [2.24, 2.45) is 13.0 Å². The lowest BCUT2D eigenvalue weighted by Gasteiger charge is -2.30. The van der Waals surface area contributed by atoms with Crippen molar-refractivity contribution in [3.63, 3.8) is 0 Å². The lowest BCUT2D eigenvalue weighted by Crippen LogP contribution is -2.43. The third-order valence-electron chi connectivity index (χ3n) is 4.13. The van der Waals surface area contributed by atoms with E-state index < -0.39 is 0 Å². The van der Waals surface area contributed by atoms with Crippen molar-refractivity contribution in [3.8, 4) is 0 Å². The van der Waals surface area contributed by atoms with Crippen molar-refractivity contribution in [2.45, 2.75) is 58.0 Å². The predicted octanol–water partition coefficient (Wildman–Crippen LogP) is 1.53. The number of nitrogens with zero attached hydrogens (tertiary/aromatic N) is 3. The summed E-state index contributed by atoms with van der Waals surface area (Å²) in [5.74, 6) is 0.689. The molecule has 1 aliphatic carbocycles. The second-order valence-corrected chi connectivity index (χ2v) is 5.67. The van der Waals surface area contributed by atoms with E-state index in [1.807, 2.05) is 0 Å². The van der Waals surface area contributed by atoms with Crippen LogP contribution in [-0.4, -0.2) is 26.9 Å². The molecule has 1 unspecified atom stereocenters. The van der Waals surface area contributed by atoms with Gasteiger partial charge in [-0.05, 0) is 31.7 Å². The first-order valence-electron chi connectivity index (χ1n) is 7.54. The molecule has 0 saturated heterocycles. The van der Waals surface area contributed by atoms with E-state index in [0.717, 1.165) is 13.0 Å². The van der Waals surface area contributed by atoms with E-state index in [4.69, 9.17) is 0 Å². The summed E-state index contributed by atoms with van der Waals surface area (Å²) in [5.41, 5.74) is -0.0147. The quantitative estimate of drug-likeness (QED) is 0.849. The maximum atomic E-state index is 11.9. The van der Waals surface area contributed by atoms with E-state index in [2.05, 4.69) is 17.3 Å². The molecule has 0 radical (unpaired) electrons. The number of aromatic nitrogens is 3. The van der Waals surface area contributed by atoms with E-state index >= 15 is 0 Å². The minimum Gasteiger partial charge on any atom is -0.312 e. The van der Waals surface area contributed by atoms with E-state index in [1.54, 1.807) is 18.1 Å². The topological polar surface area (TPSA) is 51.9 Å². The molecule has 1 heterocycles. The van der Waals surface area contributed by atoms with Gasteiger partial charge in [0.1, 0.15) is 6.33 Å². The van der Waals surface area contributed by atoms with Gasteiger partial charge in [0.05, 0.1) is 6.54 Å². The molecule has 0 bridgehead atoms. The summed E-state index contributed by atoms with van der Waals surface area (Å²) < 4.78 is 3.14. The molecule has 0 aliphatic heterocycles. The molecule has 0 spiro atoms. The average Bonchev–Trinajstić information content (AvgIpc) is 2.76. The van der Waals surface area contributed by atoms with Gasteiger partial charge in [-0.25, -0.2) is 9.48 Å². The monoisotopic (exact) mass is 266 g/mol. The summed E-state index contributed by atoms with van der Waals surface area (Å²) in [6, 6.07) is 0.382. The fourth-order valence-corrected chi connectivity index (χ4v) is 2.98. The lowest BCUT2D eigenvalue weighted by molar-refractivity contribution is 0.241. The largest absolute Gasteiger partial charge is 0.345 e. The summed E-state index contributed by atoms with van der Waals surface area (Å²) in [7, 11) is 1.75. The highest BCUT2D eigenvalue weighted by atomic mass is 16.2. The zero-order chi connectivity index (χ0) is 13.7. The minimum atomic E-state index is -0.0147. The van der Waals surface area contributed by atoms with Gasteiger partial charge in [-0.1, -0.05) is 26.2 Å². The van der Waals surface area contributed by atoms with Crippen LogP contribution in [0.4, 0.5) is 0 Å². The molecular weight excluding hydrogens is 240 g/mol. The van der Waals surface area contributed by atoms with Crippen LogP contribution in [0.25, 0.3) is 0 Å². The highest BCUT2D eigenvalue weighted by Gasteiger charge is 2.24. The van der Waals surface area contributed by atoms with Crippen LogP contribution < -0.4 is 11.0 Å². The molecule has 1 aromatic heterocycles. The van der Waals surface area contributed by atoms with E-state index in [0.29, 0.717) is 18.5 Å². The molecule has 1 fully saturated rings. The second kappa shape index (κ2) is 6.89. The number of hydrogen-bond donors (Lipinski definition) is 1. The Hall–Kier alpha value is -1.10. The zero-order valence-corrected chi connectivity index (χ0v) is 12.1. The summed E-state index contributed by atoms with van der Waals surface area (Å²) in [5, 5.41) is 7.80. The SMILES string of the molecule is CCCNC(Cn1ncn(C)c1=O)C1CCCCC1. The van der Waals surface area contributed by atoms with Crippen LogP contribution in [0.3, 0.4) is 0 Å². The van der Waals surface area contributed by atoms with Crippen molar-refractivity contribution in [1.82, 2.24) is 19.7 Å². The Kier molecular flexibility index (Phi) is 5.19. The lowest BCUT2D eigenvalue weighted by atomic mass is 9.84. The van der Waals surface area contributed by atoms with Gasteiger partial charge >= 0.3 is 5.69 Å². The van der Waals surface area contributed by atoms with Crippen LogP contribution in [0.5, 0.6) is 0 Å². The Morgan fingerprint density at radius 1 is 1.42 bits per heavy atom. The third kappa shape index (κ3) is 3.69. The molecule has 1 N–H and O–H groups in total. The Morgan fingerprint density at radius 2 is 2.16 bits per heavy atom. The Morgan fingerprint density at radius 3 is 2.74 bits per heavy atom. The number of aryl methyl sites for hydroxylation is 1. The standard InChI is InChI=1S/C14H26N4O/c1-3-9-15-13(12-7-5-4-6-8-12)10-18-14(19)17(2)11-16-18/h11-13,15H,3-10H2,1-2H3. The van der Waals surface area contributed by atoms with Crippen LogP contribution in [0.2, 0.25) is 0 Å². The number of hydrogen-bond acceptors (Lipinski definition) is 3. The molecule has 19 heavy (non-hydrogen) atoms. The second-order valence-electron chi connectivity index (χ2n) is 5.67. The summed E-state index contributed by atoms with van der Waals surface area (Å²) in [6.07, 6.45) is 9.30. The van der Waals surface area contributed by atoms with Crippen molar-refractivity contribution in [2.75, 3.05) is 6.54 Å². The summed E-state index contributed by atoms with van der Waals surface area (Å²) in [6.45, 7) is 3.89. The van der Waals surface area contributed by atoms with Crippen LogP contribution >= 0.6 is 0 Å². The highest BCUT2D eigenvalue weighted by molar-refractivity contribution is 4.80. The van der Waals surface area contributed by atoms with Crippen molar-refractivity contribution >= 4 is 0 Å². The van der Waals surface area contributed by atoms with Crippen molar-refractivity contribution < 1.29 is 0 Å². The smallest absolute Gasteiger partial charge is 0.312 e. The van der Waals surface area contributed by atoms with Gasteiger partial charge in [-0.2, -0.15) is 5.10 Å². The fourth-order valence-electron chi connectivity index (χ4n) is 2.98. The fraction of sp³-hybridized carbons (Fsp3) is 0.857. The first-order valence-corrected chi connectivity index (χ1v) is 7.54. The van der Waals surface area contributed by atoms with Crippen molar-refractivity contribution in [1.29, 1.82) is 0 Å². The molecule has 1 aromatic rings. The molecule has 1 aliphatic rings. The molecule has 5 heteroatoms. The maximum Gasteiger partial charge on any atom is 0.345 e. The molecule has 5 nitrogen and oxygen atoms in total. The van der Waals surface area contributed by atoms with Crippen LogP contribution in [-0.2, 0) is 13.6 Å². The van der Waals surface area contributed by atoms with Gasteiger partial charge in [-0.3, -0.25) is 4.57 Å². The molecule has 1 saturated carbocycles. The first kappa shape index (κ1) is 14.3. The normalized spacial score (nSPS) is 18.6. The zero-order valence-electron chi connectivity index (χ0n) is 12.1. The van der Waals surface area contributed by atoms with Crippen LogP contribution in [0.1, 0.15) is 45.4 Å². The minimum absolute atomic E-state index is 0.0147. The van der Waals surface area contributed by atoms with Crippen LogP contribution in [0.15, 0.2) is 11.1 Å². The number of rotatable bonds is 6. The highest BCUT2D eigenvalue weighted by Crippen LogP contribution is 2.27. The first-order chi connectivity index (χ1) is 9.22. The molecule has 108 valence electrons. The molecule has 0 amide bonds. The van der Waals surface area contributed by atoms with Gasteiger partial charge in [0.2, 0.25) is 0 Å². The Balaban J connectivity index is 2.04. The molecular formula is C14H26N4O. The summed E-state index contributed by atoms with van der Waals surface area (Å²) in [4.78, 5) is 11.9. The molecule has 1 atom stereocenters. The van der Waals surface area contributed by atoms with Gasteiger partial charge in [0.15, 0.2) is 0 Å². The van der Waals surface area contributed by atoms with E-state index in [-0.39, 0.29) is 5.69 Å². The van der Waals surface area contributed by atoms with Gasteiger partial charge in [-0.15, -0.1) is 0 Å².